The molecule has 0 N–H and O–H groups in total. The van der Waals surface area contributed by atoms with E-state index in [1.807, 2.05) is 19.1 Å². The summed E-state index contributed by atoms with van der Waals surface area (Å²) in [5.74, 6) is 3.03. The maximum Gasteiger partial charge on any atom is 0.114 e. The molecule has 1 heterocycles. The van der Waals surface area contributed by atoms with Crippen LogP contribution in [-0.2, 0) is 5.75 Å². The van der Waals surface area contributed by atoms with Gasteiger partial charge >= 0.3 is 0 Å². The molecule has 3 heteroatoms. The highest BCUT2D eigenvalue weighted by Crippen LogP contribution is 2.23. The van der Waals surface area contributed by atoms with Crippen LogP contribution in [0.15, 0.2) is 16.5 Å². The van der Waals surface area contributed by atoms with Gasteiger partial charge < -0.3 is 4.42 Å². The predicted octanol–water partition coefficient (Wildman–Crippen LogP) is 3.10. The van der Waals surface area contributed by atoms with Crippen molar-refractivity contribution in [1.29, 1.82) is 0 Å². The summed E-state index contributed by atoms with van der Waals surface area (Å²) in [7, 11) is 3.56. The summed E-state index contributed by atoms with van der Waals surface area (Å²) in [6, 6.07) is 4.02. The Bertz CT molecular complexity index is 195. The normalized spacial score (nSPS) is 10.2. The number of aryl methyl sites for hydroxylation is 1. The van der Waals surface area contributed by atoms with Crippen LogP contribution in [0.1, 0.15) is 11.5 Å². The summed E-state index contributed by atoms with van der Waals surface area (Å²) in [5.41, 5.74) is 0. The molecule has 0 fully saturated rings. The summed E-state index contributed by atoms with van der Waals surface area (Å²) in [5, 5.41) is 0. The lowest BCUT2D eigenvalue weighted by Crippen LogP contribution is -1.68. The minimum absolute atomic E-state index is 0.967. The van der Waals surface area contributed by atoms with Crippen molar-refractivity contribution < 1.29 is 4.42 Å². The fourth-order valence-corrected chi connectivity index (χ4v) is 1.77. The number of hydrogen-bond donors (Lipinski definition) is 0. The van der Waals surface area contributed by atoms with Gasteiger partial charge in [-0.25, -0.2) is 0 Å². The molecule has 0 atom stereocenters. The first-order valence-corrected chi connectivity index (χ1v) is 5.76. The second kappa shape index (κ2) is 3.98. The smallest absolute Gasteiger partial charge is 0.114 e. The van der Waals surface area contributed by atoms with E-state index in [0.717, 1.165) is 17.3 Å². The molecule has 0 spiro atoms. The van der Waals surface area contributed by atoms with E-state index < -0.39 is 0 Å². The molecule has 0 unspecified atom stereocenters. The van der Waals surface area contributed by atoms with Crippen LogP contribution in [0, 0.1) is 6.92 Å². The first-order chi connectivity index (χ1) is 4.83. The predicted molar refractivity (Wildman–Crippen MR) is 48.3 cm³/mol. The van der Waals surface area contributed by atoms with Crippen molar-refractivity contribution in [3.8, 4) is 0 Å². The third kappa shape index (κ3) is 2.31. The van der Waals surface area contributed by atoms with Crippen molar-refractivity contribution >= 4 is 21.6 Å². The Morgan fingerprint density at radius 2 is 2.30 bits per heavy atom. The van der Waals surface area contributed by atoms with Gasteiger partial charge in [-0.05, 0) is 25.3 Å². The van der Waals surface area contributed by atoms with Gasteiger partial charge in [0, 0.05) is 0 Å². The molecule has 0 aromatic carbocycles. The van der Waals surface area contributed by atoms with Gasteiger partial charge in [0.15, 0.2) is 0 Å². The van der Waals surface area contributed by atoms with Crippen LogP contribution in [0.3, 0.4) is 0 Å². The van der Waals surface area contributed by atoms with Crippen molar-refractivity contribution in [3.63, 3.8) is 0 Å². The fourth-order valence-electron chi connectivity index (χ4n) is 0.680. The quantitative estimate of drug-likeness (QED) is 0.654. The zero-order valence-electron chi connectivity index (χ0n) is 6.09. The van der Waals surface area contributed by atoms with Gasteiger partial charge in [-0.15, -0.1) is 0 Å². The Hall–Kier alpha value is -0.0200. The Morgan fingerprint density at radius 3 is 2.80 bits per heavy atom. The third-order valence-corrected chi connectivity index (χ3v) is 2.81. The topological polar surface area (TPSA) is 13.1 Å². The molecule has 1 nitrogen and oxygen atoms in total. The summed E-state index contributed by atoms with van der Waals surface area (Å²) >= 11 is 0. The van der Waals surface area contributed by atoms with Crippen molar-refractivity contribution in [3.05, 3.63) is 23.7 Å². The van der Waals surface area contributed by atoms with Gasteiger partial charge in [0.25, 0.3) is 0 Å². The monoisotopic (exact) mass is 174 g/mol. The van der Waals surface area contributed by atoms with Crippen LogP contribution in [0.2, 0.25) is 0 Å². The number of rotatable bonds is 3. The molecule has 10 heavy (non-hydrogen) atoms. The van der Waals surface area contributed by atoms with E-state index in [1.54, 1.807) is 21.6 Å². The molecular weight excluding hydrogens is 164 g/mol. The lowest BCUT2D eigenvalue weighted by Gasteiger charge is -1.91. The molecule has 0 bridgehead atoms. The highest BCUT2D eigenvalue weighted by Gasteiger charge is 1.96. The molecule has 0 saturated heterocycles. The number of furan rings is 1. The lowest BCUT2D eigenvalue weighted by molar-refractivity contribution is 0.501. The van der Waals surface area contributed by atoms with Gasteiger partial charge in [-0.3, -0.25) is 0 Å². The average Bonchev–Trinajstić information content (AvgIpc) is 2.31. The molecule has 0 amide bonds. The van der Waals surface area contributed by atoms with Crippen LogP contribution in [-0.4, -0.2) is 6.26 Å². The zero-order chi connectivity index (χ0) is 7.40. The van der Waals surface area contributed by atoms with Crippen LogP contribution in [0.25, 0.3) is 0 Å². The second-order valence-electron chi connectivity index (χ2n) is 1.94. The second-order valence-corrected chi connectivity index (χ2v) is 4.51. The number of hydrogen-bond acceptors (Lipinski definition) is 3. The largest absolute Gasteiger partial charge is 0.465 e. The highest BCUT2D eigenvalue weighted by atomic mass is 33.1. The maximum atomic E-state index is 5.35. The standard InChI is InChI=1S/C7H10OS2/c1-6-3-4-7(8-6)5-10-9-2/h3-4H,5H2,1-2H3. The Morgan fingerprint density at radius 1 is 1.50 bits per heavy atom. The van der Waals surface area contributed by atoms with Crippen molar-refractivity contribution in [1.82, 2.24) is 0 Å². The minimum atomic E-state index is 0.967. The summed E-state index contributed by atoms with van der Waals surface area (Å²) in [6.07, 6.45) is 2.07. The van der Waals surface area contributed by atoms with Crippen LogP contribution in [0.4, 0.5) is 0 Å². The lowest BCUT2D eigenvalue weighted by atomic mass is 10.5. The highest BCUT2D eigenvalue weighted by molar-refractivity contribution is 8.76. The molecule has 1 aromatic heterocycles. The first-order valence-electron chi connectivity index (χ1n) is 3.04. The molecule has 0 saturated carbocycles. The van der Waals surface area contributed by atoms with E-state index in [-0.39, 0.29) is 0 Å². The molecule has 56 valence electrons. The van der Waals surface area contributed by atoms with Gasteiger partial charge in [-0.2, -0.15) is 0 Å². The summed E-state index contributed by atoms with van der Waals surface area (Å²) < 4.78 is 5.35. The molecular formula is C7H10OS2. The van der Waals surface area contributed by atoms with Crippen LogP contribution in [0.5, 0.6) is 0 Å². The first kappa shape index (κ1) is 8.08. The molecule has 0 radical (unpaired) electrons. The van der Waals surface area contributed by atoms with Gasteiger partial charge in [-0.1, -0.05) is 21.6 Å². The van der Waals surface area contributed by atoms with Crippen molar-refractivity contribution in [2.75, 3.05) is 6.26 Å². The van der Waals surface area contributed by atoms with Gasteiger partial charge in [0.2, 0.25) is 0 Å². The van der Waals surface area contributed by atoms with Gasteiger partial charge in [0.05, 0.1) is 5.75 Å². The average molecular weight is 174 g/mol. The van der Waals surface area contributed by atoms with E-state index in [1.165, 1.54) is 0 Å². The van der Waals surface area contributed by atoms with Crippen molar-refractivity contribution in [2.45, 2.75) is 12.7 Å². The van der Waals surface area contributed by atoms with E-state index in [4.69, 9.17) is 4.42 Å². The summed E-state index contributed by atoms with van der Waals surface area (Å²) in [4.78, 5) is 0. The Kier molecular flexibility index (Phi) is 3.22. The zero-order valence-corrected chi connectivity index (χ0v) is 7.72. The molecule has 1 rings (SSSR count). The van der Waals surface area contributed by atoms with Crippen LogP contribution < -0.4 is 0 Å². The Labute approximate surface area is 69.0 Å². The maximum absolute atomic E-state index is 5.35. The van der Waals surface area contributed by atoms with Crippen LogP contribution >= 0.6 is 21.6 Å². The van der Waals surface area contributed by atoms with Gasteiger partial charge in [0.1, 0.15) is 11.5 Å². The molecule has 1 aromatic rings. The van der Waals surface area contributed by atoms with E-state index in [0.29, 0.717) is 0 Å². The molecule has 0 aliphatic rings. The van der Waals surface area contributed by atoms with E-state index >= 15 is 0 Å². The van der Waals surface area contributed by atoms with E-state index in [2.05, 4.69) is 6.26 Å². The minimum Gasteiger partial charge on any atom is -0.465 e. The fraction of sp³-hybridized carbons (Fsp3) is 0.429. The molecule has 0 aliphatic heterocycles. The SMILES string of the molecule is CSSCc1ccc(C)o1. The Balaban J connectivity index is 2.42. The van der Waals surface area contributed by atoms with E-state index in [9.17, 15) is 0 Å². The third-order valence-electron chi connectivity index (χ3n) is 1.12. The summed E-state index contributed by atoms with van der Waals surface area (Å²) in [6.45, 7) is 1.97. The molecule has 0 aliphatic carbocycles. The van der Waals surface area contributed by atoms with Crippen molar-refractivity contribution in [2.24, 2.45) is 0 Å².